The summed E-state index contributed by atoms with van der Waals surface area (Å²) in [6.45, 7) is 4.91. The van der Waals surface area contributed by atoms with E-state index in [0.717, 1.165) is 11.3 Å². The topological polar surface area (TPSA) is 57.1 Å². The Morgan fingerprint density at radius 1 is 1.32 bits per heavy atom. The number of ether oxygens (including phenoxy) is 2. The molecule has 0 amide bonds. The number of oxime groups is 1. The fourth-order valence-corrected chi connectivity index (χ4v) is 1.36. The van der Waals surface area contributed by atoms with Crippen molar-refractivity contribution in [1.29, 1.82) is 0 Å². The molecule has 0 saturated carbocycles. The number of hydrogen-bond acceptors (Lipinski definition) is 5. The van der Waals surface area contributed by atoms with Crippen LogP contribution < -0.4 is 4.74 Å². The van der Waals surface area contributed by atoms with Crippen molar-refractivity contribution in [2.24, 2.45) is 5.16 Å². The molecule has 0 N–H and O–H groups in total. The largest absolute Gasteiger partial charge is 0.494 e. The average Bonchev–Trinajstić information content (AvgIpc) is 2.39. The van der Waals surface area contributed by atoms with E-state index in [2.05, 4.69) is 5.16 Å². The van der Waals surface area contributed by atoms with E-state index in [1.165, 1.54) is 0 Å². The minimum atomic E-state index is -0.281. The van der Waals surface area contributed by atoms with E-state index in [0.29, 0.717) is 13.2 Å². The summed E-state index contributed by atoms with van der Waals surface area (Å²) in [7, 11) is 0. The van der Waals surface area contributed by atoms with E-state index < -0.39 is 0 Å². The van der Waals surface area contributed by atoms with Gasteiger partial charge in [0.05, 0.1) is 25.8 Å². The first-order valence-electron chi connectivity index (χ1n) is 6.30. The highest BCUT2D eigenvalue weighted by Gasteiger charge is 2.00. The Morgan fingerprint density at radius 3 is 2.89 bits per heavy atom. The number of carbonyl (C=O) groups excluding carboxylic acids is 1. The zero-order valence-corrected chi connectivity index (χ0v) is 11.3. The van der Waals surface area contributed by atoms with Crippen LogP contribution in [0.15, 0.2) is 29.4 Å². The van der Waals surface area contributed by atoms with Gasteiger partial charge in [0, 0.05) is 0 Å². The summed E-state index contributed by atoms with van der Waals surface area (Å²) >= 11 is 0. The van der Waals surface area contributed by atoms with Gasteiger partial charge in [-0.3, -0.25) is 4.79 Å². The van der Waals surface area contributed by atoms with Gasteiger partial charge in [0.2, 0.25) is 0 Å². The smallest absolute Gasteiger partial charge is 0.309 e. The summed E-state index contributed by atoms with van der Waals surface area (Å²) < 4.78 is 10.1. The van der Waals surface area contributed by atoms with Crippen molar-refractivity contribution in [3.63, 3.8) is 0 Å². The molecule has 0 bridgehead atoms. The second kappa shape index (κ2) is 8.97. The molecule has 0 atom stereocenters. The summed E-state index contributed by atoms with van der Waals surface area (Å²) in [5.74, 6) is 0.508. The molecular weight excluding hydrogens is 246 g/mol. The summed E-state index contributed by atoms with van der Waals surface area (Å²) in [6, 6.07) is 7.51. The number of carbonyl (C=O) groups is 1. The molecule has 1 aromatic carbocycles. The van der Waals surface area contributed by atoms with Gasteiger partial charge in [0.25, 0.3) is 0 Å². The Kier molecular flexibility index (Phi) is 7.09. The van der Waals surface area contributed by atoms with Crippen molar-refractivity contribution in [2.45, 2.75) is 20.3 Å². The highest BCUT2D eigenvalue weighted by atomic mass is 16.6. The zero-order chi connectivity index (χ0) is 13.9. The average molecular weight is 265 g/mol. The van der Waals surface area contributed by atoms with Gasteiger partial charge in [0.1, 0.15) is 12.4 Å². The molecule has 1 aromatic rings. The van der Waals surface area contributed by atoms with Crippen LogP contribution in [0.25, 0.3) is 0 Å². The molecule has 0 unspecified atom stereocenters. The van der Waals surface area contributed by atoms with Crippen LogP contribution in [0.5, 0.6) is 5.75 Å². The lowest BCUT2D eigenvalue weighted by Crippen LogP contribution is -2.06. The highest BCUT2D eigenvalue weighted by Crippen LogP contribution is 2.11. The third-order valence-corrected chi connectivity index (χ3v) is 2.15. The van der Waals surface area contributed by atoms with Gasteiger partial charge < -0.3 is 14.3 Å². The van der Waals surface area contributed by atoms with Gasteiger partial charge in [-0.25, -0.2) is 0 Å². The van der Waals surface area contributed by atoms with Crippen LogP contribution in [0.1, 0.15) is 25.8 Å². The van der Waals surface area contributed by atoms with Gasteiger partial charge in [-0.15, -0.1) is 0 Å². The molecule has 0 aliphatic carbocycles. The van der Waals surface area contributed by atoms with Crippen molar-refractivity contribution in [2.75, 3.05) is 19.8 Å². The van der Waals surface area contributed by atoms with Crippen LogP contribution in [0.2, 0.25) is 0 Å². The SMILES string of the molecule is CCOC(=O)CCO/N=C/c1cccc(OCC)c1. The minimum absolute atomic E-state index is 0.199. The van der Waals surface area contributed by atoms with Crippen molar-refractivity contribution in [1.82, 2.24) is 0 Å². The third-order valence-electron chi connectivity index (χ3n) is 2.15. The van der Waals surface area contributed by atoms with Gasteiger partial charge in [-0.05, 0) is 31.5 Å². The van der Waals surface area contributed by atoms with Crippen LogP contribution in [0.3, 0.4) is 0 Å². The molecule has 0 aliphatic heterocycles. The molecule has 5 nitrogen and oxygen atoms in total. The van der Waals surface area contributed by atoms with E-state index in [1.807, 2.05) is 31.2 Å². The van der Waals surface area contributed by atoms with E-state index in [9.17, 15) is 4.79 Å². The Balaban J connectivity index is 2.32. The maximum absolute atomic E-state index is 11.0. The normalized spacial score (nSPS) is 10.4. The van der Waals surface area contributed by atoms with Crippen LogP contribution in [0, 0.1) is 0 Å². The lowest BCUT2D eigenvalue weighted by molar-refractivity contribution is -0.144. The Bertz CT molecular complexity index is 418. The number of rotatable bonds is 8. The van der Waals surface area contributed by atoms with Crippen molar-refractivity contribution < 1.29 is 19.1 Å². The number of hydrogen-bond donors (Lipinski definition) is 0. The molecule has 0 saturated heterocycles. The van der Waals surface area contributed by atoms with E-state index >= 15 is 0 Å². The second-order valence-corrected chi connectivity index (χ2v) is 3.63. The maximum atomic E-state index is 11.0. The monoisotopic (exact) mass is 265 g/mol. The first-order valence-corrected chi connectivity index (χ1v) is 6.30. The molecule has 104 valence electrons. The first-order chi connectivity index (χ1) is 9.26. The molecule has 0 heterocycles. The van der Waals surface area contributed by atoms with Gasteiger partial charge in [-0.1, -0.05) is 17.3 Å². The number of benzene rings is 1. The van der Waals surface area contributed by atoms with Crippen molar-refractivity contribution >= 4 is 12.2 Å². The zero-order valence-electron chi connectivity index (χ0n) is 11.3. The van der Waals surface area contributed by atoms with E-state index in [4.69, 9.17) is 14.3 Å². The van der Waals surface area contributed by atoms with Crippen molar-refractivity contribution in [3.05, 3.63) is 29.8 Å². The summed E-state index contributed by atoms with van der Waals surface area (Å²) in [5, 5.41) is 3.79. The van der Waals surface area contributed by atoms with Gasteiger partial charge >= 0.3 is 5.97 Å². The fourth-order valence-electron chi connectivity index (χ4n) is 1.36. The Labute approximate surface area is 113 Å². The molecular formula is C14H19NO4. The standard InChI is InChI=1S/C14H19NO4/c1-3-17-13-7-5-6-12(10-13)11-15-19-9-8-14(16)18-4-2/h5-7,10-11H,3-4,8-9H2,1-2H3/b15-11+. The van der Waals surface area contributed by atoms with Crippen LogP contribution in [-0.4, -0.2) is 32.0 Å². The summed E-state index contributed by atoms with van der Waals surface area (Å²) in [4.78, 5) is 16.0. The third kappa shape index (κ3) is 6.45. The van der Waals surface area contributed by atoms with Crippen LogP contribution in [-0.2, 0) is 14.4 Å². The maximum Gasteiger partial charge on any atom is 0.309 e. The molecule has 0 aromatic heterocycles. The Hall–Kier alpha value is -2.04. The molecule has 0 spiro atoms. The summed E-state index contributed by atoms with van der Waals surface area (Å²) in [5.41, 5.74) is 0.877. The highest BCUT2D eigenvalue weighted by molar-refractivity contribution is 5.79. The number of nitrogens with zero attached hydrogens (tertiary/aromatic N) is 1. The lowest BCUT2D eigenvalue weighted by Gasteiger charge is -2.03. The molecule has 0 radical (unpaired) electrons. The molecule has 19 heavy (non-hydrogen) atoms. The minimum Gasteiger partial charge on any atom is -0.494 e. The molecule has 0 fully saturated rings. The van der Waals surface area contributed by atoms with Crippen LogP contribution in [0.4, 0.5) is 0 Å². The second-order valence-electron chi connectivity index (χ2n) is 3.63. The predicted octanol–water partition coefficient (Wildman–Crippen LogP) is 2.39. The molecule has 5 heteroatoms. The van der Waals surface area contributed by atoms with Crippen molar-refractivity contribution in [3.8, 4) is 5.75 Å². The van der Waals surface area contributed by atoms with E-state index in [-0.39, 0.29) is 19.0 Å². The Morgan fingerprint density at radius 2 is 2.16 bits per heavy atom. The predicted molar refractivity (Wildman–Crippen MR) is 72.4 cm³/mol. The number of esters is 1. The first kappa shape index (κ1) is 15.0. The molecule has 1 rings (SSSR count). The van der Waals surface area contributed by atoms with Crippen LogP contribution >= 0.6 is 0 Å². The lowest BCUT2D eigenvalue weighted by atomic mass is 10.2. The van der Waals surface area contributed by atoms with E-state index in [1.54, 1.807) is 13.1 Å². The quantitative estimate of drug-likeness (QED) is 0.313. The van der Waals surface area contributed by atoms with Gasteiger partial charge in [-0.2, -0.15) is 0 Å². The summed E-state index contributed by atoms with van der Waals surface area (Å²) in [6.07, 6.45) is 1.78. The fraction of sp³-hybridized carbons (Fsp3) is 0.429. The van der Waals surface area contributed by atoms with Gasteiger partial charge in [0.15, 0.2) is 0 Å². The molecule has 0 aliphatic rings.